The molecule has 0 saturated carbocycles. The molecule has 3 heteroatoms. The largest absolute Gasteiger partial charge is 0.147 e. The van der Waals surface area contributed by atoms with Crippen molar-refractivity contribution in [2.45, 2.75) is 39.5 Å². The first-order chi connectivity index (χ1) is 7.75. The van der Waals surface area contributed by atoms with E-state index in [4.69, 9.17) is 0 Å². The molecule has 0 unspecified atom stereocenters. The van der Waals surface area contributed by atoms with Crippen LogP contribution in [0.3, 0.4) is 0 Å². The van der Waals surface area contributed by atoms with Crippen molar-refractivity contribution in [3.8, 4) is 0 Å². The summed E-state index contributed by atoms with van der Waals surface area (Å²) in [5.41, 5.74) is 1.69. The molecule has 0 fully saturated rings. The molecular weight excluding hydrogens is 342 g/mol. The third-order valence-corrected chi connectivity index (χ3v) is 6.84. The third kappa shape index (κ3) is 5.60. The van der Waals surface area contributed by atoms with Crippen molar-refractivity contribution in [2.24, 2.45) is 5.92 Å². The van der Waals surface area contributed by atoms with Crippen LogP contribution in [0.4, 0.5) is 0 Å². The van der Waals surface area contributed by atoms with E-state index in [0.29, 0.717) is 0 Å². The second-order valence-corrected chi connectivity index (χ2v) is 8.67. The molecule has 0 aromatic heterocycles. The van der Waals surface area contributed by atoms with E-state index < -0.39 is 23.2 Å². The first kappa shape index (κ1) is 18.4. The predicted molar refractivity (Wildman–Crippen MR) is 81.2 cm³/mol. The fourth-order valence-corrected chi connectivity index (χ4v) is 5.48. The first-order valence-electron chi connectivity index (χ1n) is 6.27. The van der Waals surface area contributed by atoms with E-state index in [1.54, 1.807) is 8.85 Å². The second kappa shape index (κ2) is 9.35. The fraction of sp³-hybridized carbons (Fsp3) is 0.467. The molecular formula is C15H22Cl2Zr. The van der Waals surface area contributed by atoms with E-state index in [1.165, 1.54) is 25.7 Å². The van der Waals surface area contributed by atoms with Crippen LogP contribution in [0, 0.1) is 5.92 Å². The minimum atomic E-state index is -0.407. The van der Waals surface area contributed by atoms with Crippen LogP contribution in [0.2, 0.25) is 0 Å². The average Bonchev–Trinajstić information content (AvgIpc) is 2.87. The van der Waals surface area contributed by atoms with Crippen molar-refractivity contribution in [1.82, 2.24) is 0 Å². The van der Waals surface area contributed by atoms with Gasteiger partial charge in [0.25, 0.3) is 0 Å². The summed E-state index contributed by atoms with van der Waals surface area (Å²) in [4.78, 5) is 0. The maximum Gasteiger partial charge on any atom is -0.147 e. The summed E-state index contributed by atoms with van der Waals surface area (Å²) >= 11 is -0.407. The third-order valence-electron chi connectivity index (χ3n) is 3.10. The smallest absolute Gasteiger partial charge is 0.147 e. The van der Waals surface area contributed by atoms with Crippen LogP contribution in [0.25, 0.3) is 0 Å². The van der Waals surface area contributed by atoms with Crippen LogP contribution in [0.15, 0.2) is 42.5 Å². The van der Waals surface area contributed by atoms with Gasteiger partial charge in [-0.3, -0.25) is 0 Å². The Hall–Kier alpha value is 0.423. The zero-order valence-corrected chi connectivity index (χ0v) is 15.2. The Morgan fingerprint density at radius 2 is 1.94 bits per heavy atom. The molecule has 2 aliphatic carbocycles. The summed E-state index contributed by atoms with van der Waals surface area (Å²) in [7, 11) is 0. The van der Waals surface area contributed by atoms with E-state index in [2.05, 4.69) is 44.2 Å². The molecule has 2 rings (SSSR count). The molecule has 2 aliphatic rings. The second-order valence-electron chi connectivity index (χ2n) is 4.99. The van der Waals surface area contributed by atoms with Gasteiger partial charge in [0.2, 0.25) is 0 Å². The molecule has 0 saturated heterocycles. The van der Waals surface area contributed by atoms with Gasteiger partial charge < -0.3 is 0 Å². The average molecular weight is 364 g/mol. The number of hydrogen-bond acceptors (Lipinski definition) is 0. The molecule has 18 heavy (non-hydrogen) atoms. The fourth-order valence-electron chi connectivity index (χ4n) is 2.09. The maximum atomic E-state index is 2.39. The van der Waals surface area contributed by atoms with Crippen molar-refractivity contribution in [3.05, 3.63) is 42.5 Å². The van der Waals surface area contributed by atoms with Gasteiger partial charge in [0.15, 0.2) is 0 Å². The van der Waals surface area contributed by atoms with Gasteiger partial charge >= 0.3 is 111 Å². The van der Waals surface area contributed by atoms with Crippen LogP contribution in [-0.2, 0) is 23.2 Å². The standard InChI is InChI=1S/C10H15.C5H5.2ClH.Zr/c1-9(2)7-8-10-5-3-4-6-10;1-2-4-5-3-1;;;/h3,5,9H,4,7-8H2,1-2H3;1-3H,4H2;2*1H;. The van der Waals surface area contributed by atoms with E-state index in [9.17, 15) is 0 Å². The molecule has 0 bridgehead atoms. The van der Waals surface area contributed by atoms with Crippen molar-refractivity contribution < 1.29 is 23.2 Å². The topological polar surface area (TPSA) is 0 Å². The van der Waals surface area contributed by atoms with Crippen molar-refractivity contribution in [3.63, 3.8) is 0 Å². The van der Waals surface area contributed by atoms with Gasteiger partial charge in [-0.15, -0.1) is 24.8 Å². The normalized spacial score (nSPS) is 16.7. The molecule has 0 atom stereocenters. The molecule has 100 valence electrons. The van der Waals surface area contributed by atoms with E-state index in [0.717, 1.165) is 5.92 Å². The Balaban J connectivity index is 0.00000144. The summed E-state index contributed by atoms with van der Waals surface area (Å²) in [6.45, 7) is 4.64. The van der Waals surface area contributed by atoms with Gasteiger partial charge in [0.05, 0.1) is 0 Å². The predicted octanol–water partition coefficient (Wildman–Crippen LogP) is 5.41. The zero-order valence-electron chi connectivity index (χ0n) is 11.1. The zero-order chi connectivity index (χ0) is 11.4. The van der Waals surface area contributed by atoms with Crippen molar-refractivity contribution >= 4 is 24.8 Å². The Labute approximate surface area is 135 Å². The first-order valence-corrected chi connectivity index (χ1v) is 8.73. The summed E-state index contributed by atoms with van der Waals surface area (Å²) in [5, 5.41) is 0. The van der Waals surface area contributed by atoms with Gasteiger partial charge in [-0.25, -0.2) is 0 Å². The quantitative estimate of drug-likeness (QED) is 0.612. The Kier molecular flexibility index (Phi) is 9.57. The number of hydrogen-bond donors (Lipinski definition) is 0. The summed E-state index contributed by atoms with van der Waals surface area (Å²) in [5.74, 6) is 0.834. The summed E-state index contributed by atoms with van der Waals surface area (Å²) < 4.78 is 3.59. The molecule has 0 radical (unpaired) electrons. The molecule has 0 nitrogen and oxygen atoms in total. The van der Waals surface area contributed by atoms with E-state index >= 15 is 0 Å². The number of halogens is 2. The minimum absolute atomic E-state index is 0. The molecule has 0 aliphatic heterocycles. The SMILES string of the molecule is CC(C)CCC1=[C]([Zr][C]2=CC=CC2)CC=C1.Cl.Cl. The Morgan fingerprint density at radius 3 is 2.56 bits per heavy atom. The van der Waals surface area contributed by atoms with Crippen LogP contribution >= 0.6 is 24.8 Å². The Morgan fingerprint density at radius 1 is 1.17 bits per heavy atom. The molecule has 0 N–H and O–H groups in total. The van der Waals surface area contributed by atoms with Crippen molar-refractivity contribution in [2.75, 3.05) is 0 Å². The van der Waals surface area contributed by atoms with Crippen LogP contribution in [-0.4, -0.2) is 0 Å². The van der Waals surface area contributed by atoms with E-state index in [1.807, 2.05) is 3.28 Å². The summed E-state index contributed by atoms with van der Waals surface area (Å²) in [6.07, 6.45) is 16.8. The van der Waals surface area contributed by atoms with Crippen LogP contribution in [0.5, 0.6) is 0 Å². The number of allylic oxidation sites excluding steroid dienone is 8. The van der Waals surface area contributed by atoms with Gasteiger partial charge in [0, 0.05) is 0 Å². The van der Waals surface area contributed by atoms with Gasteiger partial charge in [-0.2, -0.15) is 0 Å². The Bertz CT molecular complexity index is 376. The molecule has 0 amide bonds. The van der Waals surface area contributed by atoms with Gasteiger partial charge in [-0.1, -0.05) is 0 Å². The molecule has 0 heterocycles. The maximum absolute atomic E-state index is 2.39. The molecule has 0 aromatic carbocycles. The van der Waals surface area contributed by atoms with Crippen molar-refractivity contribution in [1.29, 1.82) is 0 Å². The van der Waals surface area contributed by atoms with Crippen LogP contribution < -0.4 is 0 Å². The van der Waals surface area contributed by atoms with Gasteiger partial charge in [-0.05, 0) is 0 Å². The number of rotatable bonds is 5. The van der Waals surface area contributed by atoms with Gasteiger partial charge in [0.1, 0.15) is 0 Å². The molecule has 0 spiro atoms. The van der Waals surface area contributed by atoms with E-state index in [-0.39, 0.29) is 24.8 Å². The summed E-state index contributed by atoms with van der Waals surface area (Å²) in [6, 6.07) is 0. The minimum Gasteiger partial charge on any atom is -0.147 e. The monoisotopic (exact) mass is 362 g/mol. The molecule has 0 aromatic rings. The van der Waals surface area contributed by atoms with Crippen LogP contribution in [0.1, 0.15) is 39.5 Å².